The summed E-state index contributed by atoms with van der Waals surface area (Å²) in [5.41, 5.74) is -0.912. The molecule has 3 N–H and O–H groups in total. The van der Waals surface area contributed by atoms with Crippen LogP contribution >= 0.6 is 0 Å². The highest BCUT2D eigenvalue weighted by Crippen LogP contribution is 2.19. The highest BCUT2D eigenvalue weighted by atomic mass is 16.3. The molecule has 0 aliphatic heterocycles. The van der Waals surface area contributed by atoms with Crippen molar-refractivity contribution in [3.63, 3.8) is 0 Å². The van der Waals surface area contributed by atoms with E-state index < -0.39 is 5.60 Å². The lowest BCUT2D eigenvalue weighted by Gasteiger charge is -2.29. The van der Waals surface area contributed by atoms with Crippen molar-refractivity contribution in [1.29, 1.82) is 0 Å². The van der Waals surface area contributed by atoms with Crippen LogP contribution in [0.2, 0.25) is 0 Å². The summed E-state index contributed by atoms with van der Waals surface area (Å²) in [6.45, 7) is 9.91. The number of aromatic nitrogens is 2. The molecule has 1 aromatic rings. The lowest BCUT2D eigenvalue weighted by molar-refractivity contribution is 0.00826. The number of anilines is 1. The molecule has 1 heterocycles. The molecule has 0 spiro atoms. The van der Waals surface area contributed by atoms with Crippen LogP contribution in [-0.4, -0.2) is 33.1 Å². The van der Waals surface area contributed by atoms with Gasteiger partial charge in [-0.25, -0.2) is 9.48 Å². The Bertz CT molecular complexity index is 440. The summed E-state index contributed by atoms with van der Waals surface area (Å²) < 4.78 is 1.73. The van der Waals surface area contributed by atoms with Crippen molar-refractivity contribution in [2.75, 3.05) is 11.9 Å². The Kier molecular flexibility index (Phi) is 5.56. The van der Waals surface area contributed by atoms with E-state index in [0.29, 0.717) is 5.82 Å². The molecule has 0 aliphatic carbocycles. The van der Waals surface area contributed by atoms with Crippen LogP contribution in [0.3, 0.4) is 0 Å². The Morgan fingerprint density at radius 1 is 1.50 bits per heavy atom. The Labute approximate surface area is 120 Å². The zero-order chi connectivity index (χ0) is 15.3. The van der Waals surface area contributed by atoms with Crippen molar-refractivity contribution < 1.29 is 9.90 Å². The van der Waals surface area contributed by atoms with Gasteiger partial charge in [0.25, 0.3) is 0 Å². The fourth-order valence-electron chi connectivity index (χ4n) is 1.86. The predicted octanol–water partition coefficient (Wildman–Crippen LogP) is 2.38. The van der Waals surface area contributed by atoms with Gasteiger partial charge in [0, 0.05) is 18.7 Å². The van der Waals surface area contributed by atoms with Gasteiger partial charge in [0.1, 0.15) is 5.82 Å². The number of hydrogen-bond donors (Lipinski definition) is 3. The van der Waals surface area contributed by atoms with Gasteiger partial charge in [-0.1, -0.05) is 20.3 Å². The number of rotatable bonds is 6. The topological polar surface area (TPSA) is 79.2 Å². The minimum atomic E-state index is -0.912. The number of carbonyl (C=O) groups is 1. The standard InChI is InChI=1S/C14H26N4O2/c1-6-11(4)14(5,20)9-15-13(19)17-12-7-8-16-18(12)10(2)3/h7-8,10-11,20H,6,9H2,1-5H3,(H2,15,17,19). The molecule has 1 aromatic heterocycles. The van der Waals surface area contributed by atoms with Crippen molar-refractivity contribution >= 4 is 11.8 Å². The molecule has 0 saturated carbocycles. The van der Waals surface area contributed by atoms with Gasteiger partial charge < -0.3 is 10.4 Å². The average Bonchev–Trinajstić information content (AvgIpc) is 2.83. The number of hydrogen-bond acceptors (Lipinski definition) is 3. The fraction of sp³-hybridized carbons (Fsp3) is 0.714. The van der Waals surface area contributed by atoms with Gasteiger partial charge >= 0.3 is 6.03 Å². The van der Waals surface area contributed by atoms with Gasteiger partial charge in [-0.15, -0.1) is 0 Å². The van der Waals surface area contributed by atoms with E-state index in [9.17, 15) is 9.90 Å². The van der Waals surface area contributed by atoms with Crippen LogP contribution in [0.5, 0.6) is 0 Å². The second-order valence-corrected chi connectivity index (χ2v) is 5.73. The molecule has 0 aromatic carbocycles. The maximum absolute atomic E-state index is 11.9. The predicted molar refractivity (Wildman–Crippen MR) is 79.7 cm³/mol. The normalized spacial score (nSPS) is 15.8. The molecule has 2 unspecified atom stereocenters. The summed E-state index contributed by atoms with van der Waals surface area (Å²) in [6, 6.07) is 1.58. The van der Waals surface area contributed by atoms with E-state index in [2.05, 4.69) is 15.7 Å². The lowest BCUT2D eigenvalue weighted by atomic mass is 9.89. The van der Waals surface area contributed by atoms with Crippen molar-refractivity contribution in [2.24, 2.45) is 5.92 Å². The molecular weight excluding hydrogens is 256 g/mol. The van der Waals surface area contributed by atoms with Gasteiger partial charge in [0.15, 0.2) is 0 Å². The molecule has 0 bridgehead atoms. The van der Waals surface area contributed by atoms with E-state index >= 15 is 0 Å². The third-order valence-electron chi connectivity index (χ3n) is 3.68. The third-order valence-corrected chi connectivity index (χ3v) is 3.68. The second kappa shape index (κ2) is 6.74. The third kappa shape index (κ3) is 4.23. The number of urea groups is 1. The minimum Gasteiger partial charge on any atom is -0.388 e. The molecular formula is C14H26N4O2. The average molecular weight is 282 g/mol. The largest absolute Gasteiger partial charge is 0.388 e. The molecule has 0 fully saturated rings. The fourth-order valence-corrected chi connectivity index (χ4v) is 1.86. The van der Waals surface area contributed by atoms with Gasteiger partial charge in [-0.2, -0.15) is 5.10 Å². The van der Waals surface area contributed by atoms with E-state index in [-0.39, 0.29) is 24.5 Å². The van der Waals surface area contributed by atoms with Crippen LogP contribution in [0, 0.1) is 5.92 Å². The van der Waals surface area contributed by atoms with Gasteiger partial charge in [0.2, 0.25) is 0 Å². The van der Waals surface area contributed by atoms with E-state index in [0.717, 1.165) is 6.42 Å². The monoisotopic (exact) mass is 282 g/mol. The van der Waals surface area contributed by atoms with Gasteiger partial charge in [-0.05, 0) is 26.7 Å². The Morgan fingerprint density at radius 2 is 2.15 bits per heavy atom. The summed E-state index contributed by atoms with van der Waals surface area (Å²) in [4.78, 5) is 11.9. The first kappa shape index (κ1) is 16.5. The van der Waals surface area contributed by atoms with E-state index in [1.165, 1.54) is 0 Å². The molecule has 0 aliphatic rings. The van der Waals surface area contributed by atoms with E-state index in [1.54, 1.807) is 23.9 Å². The molecule has 1 rings (SSSR count). The number of amides is 2. The van der Waals surface area contributed by atoms with Crippen molar-refractivity contribution in [2.45, 2.75) is 52.7 Å². The van der Waals surface area contributed by atoms with Crippen LogP contribution < -0.4 is 10.6 Å². The maximum atomic E-state index is 11.9. The summed E-state index contributed by atoms with van der Waals surface area (Å²) in [5.74, 6) is 0.754. The summed E-state index contributed by atoms with van der Waals surface area (Å²) in [7, 11) is 0. The molecule has 0 saturated heterocycles. The van der Waals surface area contributed by atoms with Crippen LogP contribution in [0.25, 0.3) is 0 Å². The molecule has 6 nitrogen and oxygen atoms in total. The van der Waals surface area contributed by atoms with Crippen molar-refractivity contribution in [1.82, 2.24) is 15.1 Å². The zero-order valence-corrected chi connectivity index (χ0v) is 13.0. The zero-order valence-electron chi connectivity index (χ0n) is 13.0. The molecule has 2 atom stereocenters. The van der Waals surface area contributed by atoms with Gasteiger partial charge in [0.05, 0.1) is 11.8 Å². The highest BCUT2D eigenvalue weighted by molar-refractivity contribution is 5.88. The Balaban J connectivity index is 2.54. The van der Waals surface area contributed by atoms with Crippen LogP contribution in [-0.2, 0) is 0 Å². The lowest BCUT2D eigenvalue weighted by Crippen LogP contribution is -2.46. The SMILES string of the molecule is CCC(C)C(C)(O)CNC(=O)Nc1ccnn1C(C)C. The first-order valence-electron chi connectivity index (χ1n) is 7.08. The summed E-state index contributed by atoms with van der Waals surface area (Å²) in [6.07, 6.45) is 2.50. The molecule has 2 amide bonds. The first-order chi connectivity index (χ1) is 9.27. The number of carbonyl (C=O) groups excluding carboxylic acids is 1. The summed E-state index contributed by atoms with van der Waals surface area (Å²) in [5, 5.41) is 19.8. The molecule has 0 radical (unpaired) electrons. The number of nitrogens with zero attached hydrogens (tertiary/aromatic N) is 2. The van der Waals surface area contributed by atoms with Crippen LogP contribution in [0.4, 0.5) is 10.6 Å². The van der Waals surface area contributed by atoms with Crippen molar-refractivity contribution in [3.05, 3.63) is 12.3 Å². The number of nitrogens with one attached hydrogen (secondary N) is 2. The Hall–Kier alpha value is -1.56. The molecule has 114 valence electrons. The van der Waals surface area contributed by atoms with E-state index in [1.807, 2.05) is 27.7 Å². The minimum absolute atomic E-state index is 0.115. The quantitative estimate of drug-likeness (QED) is 0.749. The second-order valence-electron chi connectivity index (χ2n) is 5.73. The first-order valence-corrected chi connectivity index (χ1v) is 7.08. The van der Waals surface area contributed by atoms with Crippen molar-refractivity contribution in [3.8, 4) is 0 Å². The summed E-state index contributed by atoms with van der Waals surface area (Å²) >= 11 is 0. The van der Waals surface area contributed by atoms with E-state index in [4.69, 9.17) is 0 Å². The van der Waals surface area contributed by atoms with Gasteiger partial charge in [-0.3, -0.25) is 5.32 Å². The Morgan fingerprint density at radius 3 is 2.70 bits per heavy atom. The highest BCUT2D eigenvalue weighted by Gasteiger charge is 2.27. The smallest absolute Gasteiger partial charge is 0.320 e. The van der Waals surface area contributed by atoms with Crippen LogP contribution in [0.15, 0.2) is 12.3 Å². The maximum Gasteiger partial charge on any atom is 0.320 e. The van der Waals surface area contributed by atoms with Crippen LogP contribution in [0.1, 0.15) is 47.1 Å². The molecule has 20 heavy (non-hydrogen) atoms. The number of aliphatic hydroxyl groups is 1. The molecule has 6 heteroatoms.